The molecule has 0 saturated heterocycles. The zero-order chi connectivity index (χ0) is 17.9. The van der Waals surface area contributed by atoms with Crippen LogP contribution in [0.25, 0.3) is 21.9 Å². The first-order valence-electron chi connectivity index (χ1n) is 9.28. The summed E-state index contributed by atoms with van der Waals surface area (Å²) >= 11 is 2.43. The topological polar surface area (TPSA) is 0 Å². The average Bonchev–Trinajstić information content (AvgIpc) is 2.88. The summed E-state index contributed by atoms with van der Waals surface area (Å²) in [5, 5.41) is 2.64. The van der Waals surface area contributed by atoms with Gasteiger partial charge in [0.15, 0.2) is 0 Å². The summed E-state index contributed by atoms with van der Waals surface area (Å²) in [4.78, 5) is 0. The van der Waals surface area contributed by atoms with Crippen molar-refractivity contribution < 1.29 is 0 Å². The lowest BCUT2D eigenvalue weighted by Crippen LogP contribution is -2.17. The molecule has 2 aliphatic rings. The van der Waals surface area contributed by atoms with Crippen LogP contribution in [0.3, 0.4) is 0 Å². The highest BCUT2D eigenvalue weighted by Crippen LogP contribution is 2.52. The molecule has 128 valence electrons. The van der Waals surface area contributed by atoms with Gasteiger partial charge in [-0.15, -0.1) is 0 Å². The van der Waals surface area contributed by atoms with Gasteiger partial charge in [0.1, 0.15) is 0 Å². The normalized spacial score (nSPS) is 17.9. The van der Waals surface area contributed by atoms with Crippen LogP contribution in [0, 0.1) is 3.57 Å². The van der Waals surface area contributed by atoms with Crippen molar-refractivity contribution in [2.45, 2.75) is 32.1 Å². The van der Waals surface area contributed by atoms with E-state index in [1.165, 1.54) is 42.2 Å². The zero-order valence-corrected chi connectivity index (χ0v) is 17.3. The number of allylic oxidation sites excluding steroid dienone is 4. The quantitative estimate of drug-likeness (QED) is 0.341. The number of hydrogen-bond donors (Lipinski definition) is 0. The number of halogens is 1. The van der Waals surface area contributed by atoms with E-state index < -0.39 is 0 Å². The van der Waals surface area contributed by atoms with Crippen LogP contribution in [0.4, 0.5) is 0 Å². The van der Waals surface area contributed by atoms with Crippen molar-refractivity contribution >= 4 is 44.5 Å². The average molecular weight is 448 g/mol. The number of rotatable bonds is 1. The Hall–Kier alpha value is -1.87. The highest BCUT2D eigenvalue weighted by molar-refractivity contribution is 14.1. The van der Waals surface area contributed by atoms with E-state index in [0.29, 0.717) is 0 Å². The molecule has 0 fully saturated rings. The fourth-order valence-corrected chi connectivity index (χ4v) is 5.11. The second kappa shape index (κ2) is 5.82. The van der Waals surface area contributed by atoms with Gasteiger partial charge in [-0.2, -0.15) is 0 Å². The van der Waals surface area contributed by atoms with Gasteiger partial charge in [0, 0.05) is 8.99 Å². The minimum absolute atomic E-state index is 0.0916. The molecule has 0 aromatic heterocycles. The van der Waals surface area contributed by atoms with E-state index in [1.807, 2.05) is 0 Å². The maximum Gasteiger partial charge on any atom is 0.0156 e. The molecule has 0 spiro atoms. The summed E-state index contributed by atoms with van der Waals surface area (Å²) in [5.41, 5.74) is 8.98. The van der Waals surface area contributed by atoms with Gasteiger partial charge < -0.3 is 0 Å². The molecule has 1 heteroatoms. The fraction of sp³-hybridized carbons (Fsp3) is 0.200. The van der Waals surface area contributed by atoms with Gasteiger partial charge in [0.2, 0.25) is 0 Å². The van der Waals surface area contributed by atoms with E-state index in [2.05, 4.69) is 103 Å². The van der Waals surface area contributed by atoms with Crippen LogP contribution in [0.1, 0.15) is 43.4 Å². The molecule has 5 rings (SSSR count). The lowest BCUT2D eigenvalue weighted by Gasteiger charge is -2.26. The highest BCUT2D eigenvalue weighted by Gasteiger charge is 2.38. The van der Waals surface area contributed by atoms with E-state index in [0.717, 1.165) is 12.8 Å². The standard InChI is InChI=1S/C25H21I/c1-25(2)23-14-19(18-8-7-16-5-3-4-6-17(16)13-18)9-11-21(23)22-12-10-20(26)15-24(22)25/h3-8,10,12-15H,9,11H2,1-2H3. The monoisotopic (exact) mass is 448 g/mol. The van der Waals surface area contributed by atoms with Gasteiger partial charge in [-0.3, -0.25) is 0 Å². The molecule has 0 nitrogen and oxygen atoms in total. The summed E-state index contributed by atoms with van der Waals surface area (Å²) in [5.74, 6) is 0. The lowest BCUT2D eigenvalue weighted by atomic mass is 9.78. The molecular weight excluding hydrogens is 427 g/mol. The molecule has 0 radical (unpaired) electrons. The third-order valence-corrected chi connectivity index (χ3v) is 6.73. The number of fused-ring (bicyclic) bond motifs is 3. The Labute approximate surface area is 168 Å². The fourth-order valence-electron chi connectivity index (χ4n) is 4.62. The molecule has 26 heavy (non-hydrogen) atoms. The molecule has 3 aromatic carbocycles. The molecule has 0 bridgehead atoms. The Morgan fingerprint density at radius 1 is 0.846 bits per heavy atom. The summed E-state index contributed by atoms with van der Waals surface area (Å²) in [6.07, 6.45) is 4.75. The van der Waals surface area contributed by atoms with Gasteiger partial charge in [0.25, 0.3) is 0 Å². The summed E-state index contributed by atoms with van der Waals surface area (Å²) in [6, 6.07) is 22.5. The molecule has 0 saturated carbocycles. The van der Waals surface area contributed by atoms with E-state index in [1.54, 1.807) is 5.57 Å². The summed E-state index contributed by atoms with van der Waals surface area (Å²) in [7, 11) is 0. The van der Waals surface area contributed by atoms with Crippen LogP contribution in [-0.4, -0.2) is 0 Å². The number of benzene rings is 3. The third kappa shape index (κ3) is 2.40. The molecule has 3 aromatic rings. The zero-order valence-electron chi connectivity index (χ0n) is 15.1. The first kappa shape index (κ1) is 16.3. The molecule has 0 amide bonds. The Morgan fingerprint density at radius 3 is 2.50 bits per heavy atom. The van der Waals surface area contributed by atoms with Crippen LogP contribution < -0.4 is 0 Å². The van der Waals surface area contributed by atoms with Gasteiger partial charge in [-0.25, -0.2) is 0 Å². The van der Waals surface area contributed by atoms with E-state index in [4.69, 9.17) is 0 Å². The van der Waals surface area contributed by atoms with Gasteiger partial charge in [-0.1, -0.05) is 62.4 Å². The minimum Gasteiger partial charge on any atom is -0.0616 e. The molecule has 0 N–H and O–H groups in total. The van der Waals surface area contributed by atoms with Crippen molar-refractivity contribution in [3.05, 3.63) is 92.6 Å². The summed E-state index contributed by atoms with van der Waals surface area (Å²) in [6.45, 7) is 4.76. The predicted molar refractivity (Wildman–Crippen MR) is 120 cm³/mol. The maximum atomic E-state index is 2.48. The molecule has 0 unspecified atom stereocenters. The van der Waals surface area contributed by atoms with Gasteiger partial charge in [-0.05, 0) is 97.8 Å². The van der Waals surface area contributed by atoms with Gasteiger partial charge in [0.05, 0.1) is 0 Å². The maximum absolute atomic E-state index is 2.48. The Morgan fingerprint density at radius 2 is 1.65 bits per heavy atom. The first-order valence-corrected chi connectivity index (χ1v) is 10.4. The van der Waals surface area contributed by atoms with Crippen LogP contribution in [0.15, 0.2) is 72.3 Å². The molecule has 2 aliphatic carbocycles. The molecule has 0 atom stereocenters. The third-order valence-electron chi connectivity index (χ3n) is 6.06. The second-order valence-electron chi connectivity index (χ2n) is 7.94. The van der Waals surface area contributed by atoms with E-state index >= 15 is 0 Å². The Kier molecular flexibility index (Phi) is 3.65. The molecular formula is C25H21I. The highest BCUT2D eigenvalue weighted by atomic mass is 127. The summed E-state index contributed by atoms with van der Waals surface area (Å²) < 4.78 is 1.33. The molecule has 0 aliphatic heterocycles. The Balaban J connectivity index is 1.63. The van der Waals surface area contributed by atoms with Crippen molar-refractivity contribution in [1.82, 2.24) is 0 Å². The molecule has 0 heterocycles. The Bertz CT molecular complexity index is 1110. The smallest absolute Gasteiger partial charge is 0.0156 e. The second-order valence-corrected chi connectivity index (χ2v) is 9.18. The van der Waals surface area contributed by atoms with Crippen LogP contribution in [0.2, 0.25) is 0 Å². The van der Waals surface area contributed by atoms with Crippen molar-refractivity contribution in [2.75, 3.05) is 0 Å². The van der Waals surface area contributed by atoms with Crippen molar-refractivity contribution in [3.8, 4) is 0 Å². The van der Waals surface area contributed by atoms with Crippen LogP contribution in [-0.2, 0) is 5.41 Å². The van der Waals surface area contributed by atoms with Crippen LogP contribution >= 0.6 is 22.6 Å². The van der Waals surface area contributed by atoms with Crippen LogP contribution in [0.5, 0.6) is 0 Å². The van der Waals surface area contributed by atoms with Crippen molar-refractivity contribution in [2.24, 2.45) is 0 Å². The van der Waals surface area contributed by atoms with Gasteiger partial charge >= 0.3 is 0 Å². The van der Waals surface area contributed by atoms with E-state index in [9.17, 15) is 0 Å². The first-order chi connectivity index (χ1) is 12.5. The van der Waals surface area contributed by atoms with Crippen molar-refractivity contribution in [3.63, 3.8) is 0 Å². The SMILES string of the molecule is CC1(C)C2=C(CCC(c3ccc4ccccc4c3)=C2)c2ccc(I)cc21. The lowest BCUT2D eigenvalue weighted by molar-refractivity contribution is 0.651. The van der Waals surface area contributed by atoms with E-state index in [-0.39, 0.29) is 5.41 Å². The number of hydrogen-bond acceptors (Lipinski definition) is 0. The predicted octanol–water partition coefficient (Wildman–Crippen LogP) is 7.37. The largest absolute Gasteiger partial charge is 0.0616 e. The van der Waals surface area contributed by atoms with Crippen molar-refractivity contribution in [1.29, 1.82) is 0 Å². The minimum atomic E-state index is 0.0916.